The van der Waals surface area contributed by atoms with Crippen molar-refractivity contribution in [2.45, 2.75) is 39.5 Å². The number of nitrogens with one attached hydrogen (secondary N) is 1. The standard InChI is InChI=1S/C8H19O4P.C4H11NO2/c1-3-5-6-8(4-2)7-12-13(9,10)11;6-3-1-5-2-4-7/h8H,3-7H2,1-2H3,(H2,9,10,11);5-7H,1-4H2. The van der Waals surface area contributed by atoms with Gasteiger partial charge in [-0.2, -0.15) is 0 Å². The monoisotopic (exact) mass is 315 g/mol. The lowest BCUT2D eigenvalue weighted by Crippen LogP contribution is -2.21. The fraction of sp³-hybridized carbons (Fsp3) is 1.00. The Morgan fingerprint density at radius 3 is 2.05 bits per heavy atom. The molecule has 0 saturated carbocycles. The number of hydrogen-bond acceptors (Lipinski definition) is 5. The minimum absolute atomic E-state index is 0.139. The molecule has 7 nitrogen and oxygen atoms in total. The molecule has 0 rings (SSSR count). The summed E-state index contributed by atoms with van der Waals surface area (Å²) in [7, 11) is -4.26. The first kappa shape index (κ1) is 22.3. The highest BCUT2D eigenvalue weighted by molar-refractivity contribution is 7.46. The maximum absolute atomic E-state index is 10.4. The summed E-state index contributed by atoms with van der Waals surface area (Å²) in [6, 6.07) is 0. The summed E-state index contributed by atoms with van der Waals surface area (Å²) in [6.45, 7) is 5.68. The summed E-state index contributed by atoms with van der Waals surface area (Å²) in [5.74, 6) is 0.271. The molecule has 0 heterocycles. The molecule has 0 aliphatic rings. The molecule has 0 amide bonds. The van der Waals surface area contributed by atoms with Gasteiger partial charge in [-0.15, -0.1) is 0 Å². The summed E-state index contributed by atoms with van der Waals surface area (Å²) in [4.78, 5) is 17.0. The van der Waals surface area contributed by atoms with Gasteiger partial charge in [0.05, 0.1) is 19.8 Å². The summed E-state index contributed by atoms with van der Waals surface area (Å²) < 4.78 is 14.8. The Morgan fingerprint density at radius 2 is 1.70 bits per heavy atom. The summed E-state index contributed by atoms with van der Waals surface area (Å²) in [6.07, 6.45) is 4.07. The maximum atomic E-state index is 10.4. The lowest BCUT2D eigenvalue weighted by Gasteiger charge is -2.14. The van der Waals surface area contributed by atoms with Crippen molar-refractivity contribution < 1.29 is 29.1 Å². The molecule has 124 valence electrons. The van der Waals surface area contributed by atoms with Gasteiger partial charge in [-0.05, 0) is 12.3 Å². The Bertz CT molecular complexity index is 232. The second-order valence-electron chi connectivity index (χ2n) is 4.40. The van der Waals surface area contributed by atoms with Crippen molar-refractivity contribution in [3.05, 3.63) is 0 Å². The van der Waals surface area contributed by atoms with Gasteiger partial charge in [0, 0.05) is 13.1 Å². The zero-order valence-corrected chi connectivity index (χ0v) is 13.4. The van der Waals surface area contributed by atoms with Gasteiger partial charge >= 0.3 is 7.82 Å². The number of aliphatic hydroxyl groups is 2. The average molecular weight is 315 g/mol. The van der Waals surface area contributed by atoms with Crippen LogP contribution in [0, 0.1) is 5.92 Å². The van der Waals surface area contributed by atoms with Crippen LogP contribution >= 0.6 is 7.82 Å². The first-order valence-electron chi connectivity index (χ1n) is 7.03. The van der Waals surface area contributed by atoms with Crippen LogP contribution in [0.1, 0.15) is 39.5 Å². The van der Waals surface area contributed by atoms with Gasteiger partial charge in [-0.3, -0.25) is 4.52 Å². The Hall–Kier alpha value is -0.0100. The van der Waals surface area contributed by atoms with E-state index in [4.69, 9.17) is 20.0 Å². The van der Waals surface area contributed by atoms with Crippen LogP contribution in [0.4, 0.5) is 0 Å². The molecular formula is C12H30NO6P. The minimum Gasteiger partial charge on any atom is -0.395 e. The zero-order valence-electron chi connectivity index (χ0n) is 12.5. The summed E-state index contributed by atoms with van der Waals surface area (Å²) >= 11 is 0. The van der Waals surface area contributed by atoms with E-state index in [2.05, 4.69) is 16.8 Å². The van der Waals surface area contributed by atoms with Gasteiger partial charge in [-0.25, -0.2) is 4.57 Å². The maximum Gasteiger partial charge on any atom is 0.469 e. The van der Waals surface area contributed by atoms with Crippen LogP contribution in [0.25, 0.3) is 0 Å². The number of phosphoric ester groups is 1. The van der Waals surface area contributed by atoms with Crippen LogP contribution in [0.15, 0.2) is 0 Å². The van der Waals surface area contributed by atoms with Gasteiger partial charge in [0.25, 0.3) is 0 Å². The molecule has 1 atom stereocenters. The molecule has 8 heteroatoms. The van der Waals surface area contributed by atoms with Crippen LogP contribution < -0.4 is 5.32 Å². The van der Waals surface area contributed by atoms with Crippen molar-refractivity contribution in [1.82, 2.24) is 5.32 Å². The average Bonchev–Trinajstić information content (AvgIpc) is 2.39. The van der Waals surface area contributed by atoms with E-state index in [1.807, 2.05) is 6.92 Å². The van der Waals surface area contributed by atoms with Crippen LogP contribution in [0.5, 0.6) is 0 Å². The molecule has 0 radical (unpaired) electrons. The van der Waals surface area contributed by atoms with Crippen molar-refractivity contribution in [2.24, 2.45) is 5.92 Å². The Balaban J connectivity index is 0. The quantitative estimate of drug-likeness (QED) is 0.283. The van der Waals surface area contributed by atoms with Crippen LogP contribution in [0.2, 0.25) is 0 Å². The topological polar surface area (TPSA) is 119 Å². The second kappa shape index (κ2) is 15.4. The van der Waals surface area contributed by atoms with Crippen molar-refractivity contribution in [2.75, 3.05) is 32.9 Å². The van der Waals surface area contributed by atoms with Crippen molar-refractivity contribution in [3.8, 4) is 0 Å². The van der Waals surface area contributed by atoms with Crippen molar-refractivity contribution >= 4 is 7.82 Å². The number of rotatable bonds is 11. The first-order valence-corrected chi connectivity index (χ1v) is 8.56. The molecule has 1 unspecified atom stereocenters. The molecule has 20 heavy (non-hydrogen) atoms. The van der Waals surface area contributed by atoms with E-state index in [0.29, 0.717) is 13.1 Å². The van der Waals surface area contributed by atoms with E-state index in [1.165, 1.54) is 0 Å². The Kier molecular flexibility index (Phi) is 17.1. The van der Waals surface area contributed by atoms with Gasteiger partial charge in [0.1, 0.15) is 0 Å². The van der Waals surface area contributed by atoms with Gasteiger partial charge in [0.15, 0.2) is 0 Å². The van der Waals surface area contributed by atoms with Crippen molar-refractivity contribution in [1.29, 1.82) is 0 Å². The highest BCUT2D eigenvalue weighted by Gasteiger charge is 2.16. The molecule has 5 N–H and O–H groups in total. The third-order valence-corrected chi connectivity index (χ3v) is 3.08. The SMILES string of the molecule is CCCCC(CC)COP(=O)(O)O.OCCNCCO. The van der Waals surface area contributed by atoms with E-state index in [0.717, 1.165) is 25.7 Å². The molecule has 0 aliphatic carbocycles. The number of aliphatic hydroxyl groups excluding tert-OH is 2. The van der Waals surface area contributed by atoms with E-state index in [-0.39, 0.29) is 25.7 Å². The van der Waals surface area contributed by atoms with Gasteiger partial charge < -0.3 is 25.3 Å². The van der Waals surface area contributed by atoms with Crippen molar-refractivity contribution in [3.63, 3.8) is 0 Å². The lowest BCUT2D eigenvalue weighted by atomic mass is 10.0. The third kappa shape index (κ3) is 20.3. The lowest BCUT2D eigenvalue weighted by molar-refractivity contribution is 0.161. The fourth-order valence-corrected chi connectivity index (χ4v) is 1.79. The van der Waals surface area contributed by atoms with Crippen LogP contribution in [-0.2, 0) is 9.09 Å². The number of unbranched alkanes of at least 4 members (excludes halogenated alkanes) is 1. The molecule has 0 bridgehead atoms. The molecule has 0 aromatic rings. The fourth-order valence-electron chi connectivity index (χ4n) is 1.38. The summed E-state index contributed by atoms with van der Waals surface area (Å²) in [5.41, 5.74) is 0. The predicted octanol–water partition coefficient (Wildman–Crippen LogP) is 0.873. The molecule has 0 spiro atoms. The largest absolute Gasteiger partial charge is 0.469 e. The van der Waals surface area contributed by atoms with E-state index in [9.17, 15) is 4.57 Å². The zero-order chi connectivity index (χ0) is 15.9. The Labute approximate surface area is 121 Å². The summed E-state index contributed by atoms with van der Waals surface area (Å²) in [5, 5.41) is 19.1. The number of hydrogen-bond donors (Lipinski definition) is 5. The van der Waals surface area contributed by atoms with Gasteiger partial charge in [-0.1, -0.05) is 33.1 Å². The Morgan fingerprint density at radius 1 is 1.15 bits per heavy atom. The first-order chi connectivity index (χ1) is 9.41. The van der Waals surface area contributed by atoms with E-state index < -0.39 is 7.82 Å². The third-order valence-electron chi connectivity index (χ3n) is 2.60. The van der Waals surface area contributed by atoms with Gasteiger partial charge in [0.2, 0.25) is 0 Å². The highest BCUT2D eigenvalue weighted by Crippen LogP contribution is 2.36. The molecule has 0 aliphatic heterocycles. The van der Waals surface area contributed by atoms with Crippen LogP contribution in [-0.4, -0.2) is 52.9 Å². The smallest absolute Gasteiger partial charge is 0.395 e. The predicted molar refractivity (Wildman–Crippen MR) is 78.3 cm³/mol. The molecular weight excluding hydrogens is 285 g/mol. The minimum atomic E-state index is -4.26. The van der Waals surface area contributed by atoms with Crippen LogP contribution in [0.3, 0.4) is 0 Å². The van der Waals surface area contributed by atoms with E-state index in [1.54, 1.807) is 0 Å². The molecule has 0 fully saturated rings. The second-order valence-corrected chi connectivity index (χ2v) is 5.64. The van der Waals surface area contributed by atoms with E-state index >= 15 is 0 Å². The molecule has 0 saturated heterocycles. The normalized spacial score (nSPS) is 12.7. The number of phosphoric acid groups is 1. The highest BCUT2D eigenvalue weighted by atomic mass is 31.2. The molecule has 0 aromatic carbocycles. The molecule has 0 aromatic heterocycles.